The van der Waals surface area contributed by atoms with Gasteiger partial charge in [0.15, 0.2) is 6.10 Å². The molecule has 1 rings (SSSR count). The van der Waals surface area contributed by atoms with Crippen molar-refractivity contribution in [2.45, 2.75) is 82.7 Å². The fourth-order valence-electron chi connectivity index (χ4n) is 3.04. The molecule has 1 fully saturated rings. The molecule has 4 unspecified atom stereocenters. The minimum absolute atomic E-state index is 0.0660. The number of esters is 1. The maximum absolute atomic E-state index is 11.7. The third-order valence-corrected chi connectivity index (χ3v) is 4.72. The molecule has 0 radical (unpaired) electrons. The average molecular weight is 389 g/mol. The molecule has 0 heterocycles. The summed E-state index contributed by atoms with van der Waals surface area (Å²) in [4.78, 5) is 34.7. The molecule has 0 aliphatic heterocycles. The summed E-state index contributed by atoms with van der Waals surface area (Å²) in [6.07, 6.45) is -1.78. The van der Waals surface area contributed by atoms with Crippen molar-refractivity contribution in [3.8, 4) is 0 Å². The van der Waals surface area contributed by atoms with Gasteiger partial charge in [0.05, 0.1) is 0 Å². The van der Waals surface area contributed by atoms with Crippen LogP contribution >= 0.6 is 0 Å². The lowest BCUT2D eigenvalue weighted by molar-refractivity contribution is -0.160. The summed E-state index contributed by atoms with van der Waals surface area (Å²) in [6.45, 7) is 1.15. The number of carbonyl (C=O) groups is 3. The molecule has 0 aromatic carbocycles. The normalized spacial score (nSPS) is 19.1. The van der Waals surface area contributed by atoms with Gasteiger partial charge in [-0.05, 0) is 18.8 Å². The van der Waals surface area contributed by atoms with Gasteiger partial charge in [0, 0.05) is 12.8 Å². The Hall–Kier alpha value is -1.55. The number of amides is 2. The summed E-state index contributed by atoms with van der Waals surface area (Å²) < 4.78 is 4.88. The van der Waals surface area contributed by atoms with Gasteiger partial charge in [-0.2, -0.15) is 0 Å². The second-order valence-electron chi connectivity index (χ2n) is 7.03. The van der Waals surface area contributed by atoms with E-state index in [1.54, 1.807) is 6.92 Å². The first-order chi connectivity index (χ1) is 12.8. The minimum atomic E-state index is -2.12. The number of aliphatic hydroxyl groups excluding tert-OH is 4. The summed E-state index contributed by atoms with van der Waals surface area (Å²) in [5.74, 6) is -1.81. The molecular weight excluding hydrogens is 358 g/mol. The molecule has 1 saturated carbocycles. The van der Waals surface area contributed by atoms with Gasteiger partial charge in [-0.1, -0.05) is 32.6 Å². The van der Waals surface area contributed by atoms with E-state index in [2.05, 4.69) is 0 Å². The third kappa shape index (κ3) is 8.34. The summed E-state index contributed by atoms with van der Waals surface area (Å²) >= 11 is 0. The second-order valence-corrected chi connectivity index (χ2v) is 7.03. The van der Waals surface area contributed by atoms with Gasteiger partial charge < -0.3 is 25.2 Å². The van der Waals surface area contributed by atoms with E-state index >= 15 is 0 Å². The smallest absolute Gasteiger partial charge is 0.305 e. The molecule has 1 aliphatic carbocycles. The van der Waals surface area contributed by atoms with E-state index < -0.39 is 48.8 Å². The highest BCUT2D eigenvalue weighted by molar-refractivity contribution is 5.97. The van der Waals surface area contributed by atoms with Crippen LogP contribution < -0.4 is 5.32 Å². The molecule has 0 bridgehead atoms. The zero-order valence-electron chi connectivity index (χ0n) is 15.7. The van der Waals surface area contributed by atoms with Crippen LogP contribution in [0.2, 0.25) is 0 Å². The second kappa shape index (κ2) is 12.0. The highest BCUT2D eigenvalue weighted by Crippen LogP contribution is 2.28. The number of carbonyl (C=O) groups excluding carboxylic acids is 3. The number of imide groups is 1. The topological polar surface area (TPSA) is 153 Å². The van der Waals surface area contributed by atoms with Crippen LogP contribution in [-0.4, -0.2) is 69.2 Å². The summed E-state index contributed by atoms with van der Waals surface area (Å²) in [5, 5.41) is 41.1. The van der Waals surface area contributed by atoms with Gasteiger partial charge in [0.1, 0.15) is 24.9 Å². The van der Waals surface area contributed by atoms with E-state index in [-0.39, 0.29) is 12.8 Å². The maximum Gasteiger partial charge on any atom is 0.305 e. The van der Waals surface area contributed by atoms with Gasteiger partial charge in [-0.25, -0.2) is 0 Å². The van der Waals surface area contributed by atoms with Gasteiger partial charge in [-0.15, -0.1) is 0 Å². The van der Waals surface area contributed by atoms with Crippen LogP contribution in [0.5, 0.6) is 0 Å². The van der Waals surface area contributed by atoms with Crippen molar-refractivity contribution < 1.29 is 39.5 Å². The quantitative estimate of drug-likeness (QED) is 0.293. The Kier molecular flexibility index (Phi) is 10.5. The Morgan fingerprint density at radius 3 is 2.26 bits per heavy atom. The largest absolute Gasteiger partial charge is 0.463 e. The fourth-order valence-corrected chi connectivity index (χ4v) is 3.04. The number of ether oxygens (including phenoxy) is 1. The highest BCUT2D eigenvalue weighted by atomic mass is 16.5. The van der Waals surface area contributed by atoms with Crippen LogP contribution in [0.3, 0.4) is 0 Å². The Bertz CT molecular complexity index is 492. The molecule has 27 heavy (non-hydrogen) atoms. The van der Waals surface area contributed by atoms with E-state index in [4.69, 9.17) is 4.74 Å². The Morgan fingerprint density at radius 2 is 1.67 bits per heavy atom. The van der Waals surface area contributed by atoms with Gasteiger partial charge >= 0.3 is 5.97 Å². The molecule has 4 atom stereocenters. The van der Waals surface area contributed by atoms with Crippen molar-refractivity contribution in [3.63, 3.8) is 0 Å². The fraction of sp³-hybridized carbons (Fsp3) is 0.833. The van der Waals surface area contributed by atoms with Crippen molar-refractivity contribution in [1.29, 1.82) is 0 Å². The number of nitrogens with one attached hydrogen (secondary N) is 1. The maximum atomic E-state index is 11.7. The standard InChI is InChI=1S/C18H31NO8/c1-2-5-13(21)19-18(26)17(25)16(24)15(23)12(20)10-27-14(22)9-8-11-6-3-4-7-11/h11-12,15-17,20,23-25H,2-10H2,1H3,(H,19,21,26). The zero-order valence-corrected chi connectivity index (χ0v) is 15.7. The molecule has 0 saturated heterocycles. The van der Waals surface area contributed by atoms with E-state index in [1.807, 2.05) is 5.32 Å². The summed E-state index contributed by atoms with van der Waals surface area (Å²) in [7, 11) is 0. The third-order valence-electron chi connectivity index (χ3n) is 4.72. The lowest BCUT2D eigenvalue weighted by Gasteiger charge is -2.25. The molecular formula is C18H31NO8. The predicted molar refractivity (Wildman–Crippen MR) is 94.2 cm³/mol. The Balaban J connectivity index is 2.35. The lowest BCUT2D eigenvalue weighted by atomic mass is 10.0. The molecule has 0 spiro atoms. The summed E-state index contributed by atoms with van der Waals surface area (Å²) in [5.41, 5.74) is 0. The van der Waals surface area contributed by atoms with Gasteiger partial charge in [0.25, 0.3) is 5.91 Å². The number of hydrogen-bond acceptors (Lipinski definition) is 8. The highest BCUT2D eigenvalue weighted by Gasteiger charge is 2.35. The van der Waals surface area contributed by atoms with E-state index in [1.165, 1.54) is 12.8 Å². The van der Waals surface area contributed by atoms with Gasteiger partial charge in [0.2, 0.25) is 5.91 Å². The van der Waals surface area contributed by atoms with Crippen LogP contribution in [0.15, 0.2) is 0 Å². The number of rotatable bonds is 11. The molecule has 2 amide bonds. The SMILES string of the molecule is CCCC(=O)NC(=O)C(O)C(O)C(O)C(O)COC(=O)CCC1CCCC1. The monoisotopic (exact) mass is 389 g/mol. The van der Waals surface area contributed by atoms with E-state index in [0.717, 1.165) is 12.8 Å². The van der Waals surface area contributed by atoms with Gasteiger partial charge in [-0.3, -0.25) is 19.7 Å². The number of hydrogen-bond donors (Lipinski definition) is 5. The molecule has 9 nitrogen and oxygen atoms in total. The van der Waals surface area contributed by atoms with E-state index in [9.17, 15) is 34.8 Å². The molecule has 9 heteroatoms. The van der Waals surface area contributed by atoms with Crippen LogP contribution in [0, 0.1) is 5.92 Å². The zero-order chi connectivity index (χ0) is 20.4. The average Bonchev–Trinajstić information content (AvgIpc) is 3.16. The van der Waals surface area contributed by atoms with Crippen LogP contribution in [0.4, 0.5) is 0 Å². The molecule has 0 aromatic heterocycles. The van der Waals surface area contributed by atoms with Crippen molar-refractivity contribution in [2.75, 3.05) is 6.61 Å². The van der Waals surface area contributed by atoms with Crippen molar-refractivity contribution >= 4 is 17.8 Å². The molecule has 1 aliphatic rings. The van der Waals surface area contributed by atoms with Crippen molar-refractivity contribution in [1.82, 2.24) is 5.32 Å². The molecule has 5 N–H and O–H groups in total. The first-order valence-electron chi connectivity index (χ1n) is 9.47. The van der Waals surface area contributed by atoms with Crippen LogP contribution in [0.25, 0.3) is 0 Å². The lowest BCUT2D eigenvalue weighted by Crippen LogP contribution is -2.52. The first-order valence-corrected chi connectivity index (χ1v) is 9.47. The van der Waals surface area contributed by atoms with Crippen LogP contribution in [-0.2, 0) is 19.1 Å². The summed E-state index contributed by atoms with van der Waals surface area (Å²) in [6, 6.07) is 0. The van der Waals surface area contributed by atoms with Crippen LogP contribution in [0.1, 0.15) is 58.3 Å². The minimum Gasteiger partial charge on any atom is -0.463 e. The predicted octanol–water partition coefficient (Wildman–Crippen LogP) is -0.613. The molecule has 156 valence electrons. The van der Waals surface area contributed by atoms with Crippen molar-refractivity contribution in [2.24, 2.45) is 5.92 Å². The van der Waals surface area contributed by atoms with Crippen molar-refractivity contribution in [3.05, 3.63) is 0 Å². The Labute approximate surface area is 158 Å². The molecule has 0 aromatic rings. The number of aliphatic hydroxyl groups is 4. The van der Waals surface area contributed by atoms with E-state index in [0.29, 0.717) is 18.8 Å². The Morgan fingerprint density at radius 1 is 1.04 bits per heavy atom. The first kappa shape index (κ1) is 23.5.